The molecule has 0 aliphatic heterocycles. The zero-order chi connectivity index (χ0) is 25.3. The Morgan fingerprint density at radius 2 is 1.64 bits per heavy atom. The van der Waals surface area contributed by atoms with Crippen LogP contribution in [-0.4, -0.2) is 34.6 Å². The Kier molecular flexibility index (Phi) is 9.42. The van der Waals surface area contributed by atoms with Gasteiger partial charge in [-0.05, 0) is 48.7 Å². The first kappa shape index (κ1) is 26.2. The number of nitrogens with one attached hydrogen (secondary N) is 1. The molecule has 0 heterocycles. The zero-order valence-electron chi connectivity index (χ0n) is 20.0. The molecule has 1 saturated carbocycles. The number of thioether (sulfide) groups is 1. The molecular formula is C29H30ClFN2O2S. The smallest absolute Gasteiger partial charge is 0.243 e. The van der Waals surface area contributed by atoms with E-state index in [4.69, 9.17) is 11.6 Å². The molecule has 0 saturated heterocycles. The Bertz CT molecular complexity index is 1150. The minimum Gasteiger partial charge on any atom is -0.352 e. The number of hydrogen-bond acceptors (Lipinski definition) is 3. The van der Waals surface area contributed by atoms with Gasteiger partial charge in [0.1, 0.15) is 11.9 Å². The van der Waals surface area contributed by atoms with Crippen molar-refractivity contribution >= 4 is 35.2 Å². The van der Waals surface area contributed by atoms with Gasteiger partial charge in [-0.1, -0.05) is 73.0 Å². The fourth-order valence-electron chi connectivity index (χ4n) is 4.49. The maximum Gasteiger partial charge on any atom is 0.243 e. The summed E-state index contributed by atoms with van der Waals surface area (Å²) in [4.78, 5) is 29.7. The Morgan fingerprint density at radius 1 is 0.972 bits per heavy atom. The molecule has 1 aliphatic rings. The van der Waals surface area contributed by atoms with Gasteiger partial charge < -0.3 is 10.2 Å². The quantitative estimate of drug-likeness (QED) is 0.318. The molecule has 7 heteroatoms. The van der Waals surface area contributed by atoms with Gasteiger partial charge in [-0.25, -0.2) is 4.39 Å². The van der Waals surface area contributed by atoms with Gasteiger partial charge in [0.25, 0.3) is 0 Å². The van der Waals surface area contributed by atoms with Gasteiger partial charge in [0, 0.05) is 34.5 Å². The molecule has 1 atom stereocenters. The van der Waals surface area contributed by atoms with Crippen molar-refractivity contribution in [1.29, 1.82) is 0 Å². The Hall–Kier alpha value is -2.83. The highest BCUT2D eigenvalue weighted by molar-refractivity contribution is 8.00. The fraction of sp³-hybridized carbons (Fsp3) is 0.310. The van der Waals surface area contributed by atoms with Crippen LogP contribution in [0.1, 0.15) is 36.8 Å². The van der Waals surface area contributed by atoms with E-state index in [9.17, 15) is 14.0 Å². The van der Waals surface area contributed by atoms with Gasteiger partial charge in [0.2, 0.25) is 11.8 Å². The van der Waals surface area contributed by atoms with Crippen molar-refractivity contribution in [3.63, 3.8) is 0 Å². The number of carbonyl (C=O) groups is 2. The van der Waals surface area contributed by atoms with Crippen LogP contribution in [0, 0.1) is 5.82 Å². The SMILES string of the molecule is O=C(NC1CCCC1)[C@@H](Cc1ccccc1)N(Cc1ccccc1F)C(=O)CSc1ccc(Cl)cc1. The van der Waals surface area contributed by atoms with Crippen molar-refractivity contribution < 1.29 is 14.0 Å². The molecule has 2 amide bonds. The predicted octanol–water partition coefficient (Wildman–Crippen LogP) is 6.27. The number of halogens is 2. The van der Waals surface area contributed by atoms with E-state index in [0.717, 1.165) is 36.1 Å². The predicted molar refractivity (Wildman–Crippen MR) is 143 cm³/mol. The minimum atomic E-state index is -0.758. The highest BCUT2D eigenvalue weighted by atomic mass is 35.5. The van der Waals surface area contributed by atoms with E-state index in [-0.39, 0.29) is 30.2 Å². The topological polar surface area (TPSA) is 49.4 Å². The van der Waals surface area contributed by atoms with Gasteiger partial charge in [-0.3, -0.25) is 9.59 Å². The largest absolute Gasteiger partial charge is 0.352 e. The van der Waals surface area contributed by atoms with E-state index >= 15 is 0 Å². The second kappa shape index (κ2) is 12.9. The van der Waals surface area contributed by atoms with Gasteiger partial charge in [-0.15, -0.1) is 11.8 Å². The molecule has 4 rings (SSSR count). The van der Waals surface area contributed by atoms with Crippen molar-refractivity contribution in [3.8, 4) is 0 Å². The van der Waals surface area contributed by atoms with Gasteiger partial charge in [0.05, 0.1) is 5.75 Å². The van der Waals surface area contributed by atoms with Crippen molar-refractivity contribution in [2.75, 3.05) is 5.75 Å². The fourth-order valence-corrected chi connectivity index (χ4v) is 5.40. The van der Waals surface area contributed by atoms with Crippen LogP contribution in [0.2, 0.25) is 5.02 Å². The number of rotatable bonds is 10. The van der Waals surface area contributed by atoms with Crippen LogP contribution in [0.4, 0.5) is 4.39 Å². The second-order valence-electron chi connectivity index (χ2n) is 9.05. The third kappa shape index (κ3) is 7.34. The minimum absolute atomic E-state index is 0.0161. The van der Waals surface area contributed by atoms with Crippen LogP contribution in [0.5, 0.6) is 0 Å². The number of nitrogens with zero attached hydrogens (tertiary/aromatic N) is 1. The first-order chi connectivity index (χ1) is 17.5. The molecule has 0 unspecified atom stereocenters. The molecule has 3 aromatic rings. The summed E-state index contributed by atoms with van der Waals surface area (Å²) in [5.41, 5.74) is 1.33. The summed E-state index contributed by atoms with van der Waals surface area (Å²) < 4.78 is 14.7. The molecule has 188 valence electrons. The molecule has 0 aromatic heterocycles. The lowest BCUT2D eigenvalue weighted by Crippen LogP contribution is -2.52. The highest BCUT2D eigenvalue weighted by Crippen LogP contribution is 2.24. The van der Waals surface area contributed by atoms with Crippen molar-refractivity contribution in [2.45, 2.75) is 55.6 Å². The molecule has 1 N–H and O–H groups in total. The highest BCUT2D eigenvalue weighted by Gasteiger charge is 2.32. The van der Waals surface area contributed by atoms with E-state index in [1.54, 1.807) is 35.2 Å². The molecule has 1 aliphatic carbocycles. The first-order valence-electron chi connectivity index (χ1n) is 12.2. The Morgan fingerprint density at radius 3 is 2.33 bits per heavy atom. The van der Waals surface area contributed by atoms with Crippen molar-refractivity contribution in [1.82, 2.24) is 10.2 Å². The number of hydrogen-bond donors (Lipinski definition) is 1. The van der Waals surface area contributed by atoms with Gasteiger partial charge in [0.15, 0.2) is 0 Å². The van der Waals surface area contributed by atoms with Crippen LogP contribution in [0.3, 0.4) is 0 Å². The summed E-state index contributed by atoms with van der Waals surface area (Å²) in [6.45, 7) is 0.0161. The van der Waals surface area contributed by atoms with Gasteiger partial charge >= 0.3 is 0 Å². The lowest BCUT2D eigenvalue weighted by Gasteiger charge is -2.32. The van der Waals surface area contributed by atoms with E-state index in [0.29, 0.717) is 17.0 Å². The average Bonchev–Trinajstić information content (AvgIpc) is 3.40. The molecule has 0 radical (unpaired) electrons. The molecule has 0 spiro atoms. The Balaban J connectivity index is 1.61. The van der Waals surface area contributed by atoms with E-state index in [2.05, 4.69) is 5.32 Å². The first-order valence-corrected chi connectivity index (χ1v) is 13.6. The number of amides is 2. The lowest BCUT2D eigenvalue weighted by atomic mass is 10.0. The summed E-state index contributed by atoms with van der Waals surface area (Å²) in [6, 6.07) is 22.7. The van der Waals surface area contributed by atoms with E-state index in [1.165, 1.54) is 17.8 Å². The van der Waals surface area contributed by atoms with Crippen LogP contribution in [0.15, 0.2) is 83.8 Å². The van der Waals surface area contributed by atoms with Crippen LogP contribution < -0.4 is 5.32 Å². The molecule has 36 heavy (non-hydrogen) atoms. The molecular weight excluding hydrogens is 495 g/mol. The zero-order valence-corrected chi connectivity index (χ0v) is 21.6. The maximum absolute atomic E-state index is 14.7. The molecule has 4 nitrogen and oxygen atoms in total. The molecule has 1 fully saturated rings. The van der Waals surface area contributed by atoms with Crippen LogP contribution >= 0.6 is 23.4 Å². The molecule has 0 bridgehead atoms. The van der Waals surface area contributed by atoms with Crippen molar-refractivity contribution in [3.05, 3.63) is 101 Å². The van der Waals surface area contributed by atoms with Crippen LogP contribution in [0.25, 0.3) is 0 Å². The maximum atomic E-state index is 14.7. The molecule has 3 aromatic carbocycles. The number of benzene rings is 3. The lowest BCUT2D eigenvalue weighted by molar-refractivity contribution is -0.139. The van der Waals surface area contributed by atoms with E-state index < -0.39 is 11.9 Å². The monoisotopic (exact) mass is 524 g/mol. The number of carbonyl (C=O) groups excluding carboxylic acids is 2. The standard InChI is InChI=1S/C29H30ClFN2O2S/c30-23-14-16-25(17-15-23)36-20-28(34)33(19-22-10-4-7-13-26(22)31)27(18-21-8-2-1-3-9-21)29(35)32-24-11-5-6-12-24/h1-4,7-10,13-17,24,27H,5-6,11-12,18-20H2,(H,32,35)/t27-/m1/s1. The summed E-state index contributed by atoms with van der Waals surface area (Å²) >= 11 is 7.36. The summed E-state index contributed by atoms with van der Waals surface area (Å²) in [7, 11) is 0. The third-order valence-corrected chi connectivity index (χ3v) is 7.70. The third-order valence-electron chi connectivity index (χ3n) is 6.45. The summed E-state index contributed by atoms with van der Waals surface area (Å²) in [5, 5.41) is 3.79. The second-order valence-corrected chi connectivity index (χ2v) is 10.5. The Labute approximate surface area is 221 Å². The summed E-state index contributed by atoms with van der Waals surface area (Å²) in [5.74, 6) is -0.680. The average molecular weight is 525 g/mol. The van der Waals surface area contributed by atoms with Crippen molar-refractivity contribution in [2.24, 2.45) is 0 Å². The van der Waals surface area contributed by atoms with Crippen LogP contribution in [-0.2, 0) is 22.6 Å². The van der Waals surface area contributed by atoms with E-state index in [1.807, 2.05) is 42.5 Å². The normalized spacial score (nSPS) is 14.4. The summed E-state index contributed by atoms with van der Waals surface area (Å²) in [6.07, 6.45) is 4.41. The van der Waals surface area contributed by atoms with Gasteiger partial charge in [-0.2, -0.15) is 0 Å².